The van der Waals surface area contributed by atoms with Gasteiger partial charge >= 0.3 is 6.03 Å². The van der Waals surface area contributed by atoms with E-state index in [0.29, 0.717) is 6.42 Å². The standard InChI is InChI=1S/C12H14N2O5/c1-17-7-4-12(5-8(18-2)9(7)15)3-6-10(19-12)14-11(16)13-6/h4-6,10H,3H2,1-2H3,(H2,13,14,16). The number of carbonyl (C=O) groups is 2. The van der Waals surface area contributed by atoms with Crippen LogP contribution in [0.4, 0.5) is 4.79 Å². The highest BCUT2D eigenvalue weighted by atomic mass is 16.5. The van der Waals surface area contributed by atoms with Gasteiger partial charge in [-0.15, -0.1) is 0 Å². The SMILES string of the molecule is COC1=CC2(C=C(OC)C1=O)CC1NC(=O)NC1O2. The molecule has 7 nitrogen and oxygen atoms in total. The molecule has 0 bridgehead atoms. The molecule has 19 heavy (non-hydrogen) atoms. The van der Waals surface area contributed by atoms with Gasteiger partial charge in [-0.05, 0) is 12.2 Å². The van der Waals surface area contributed by atoms with Crippen molar-refractivity contribution >= 4 is 11.8 Å². The van der Waals surface area contributed by atoms with Gasteiger partial charge in [0.2, 0.25) is 0 Å². The number of carbonyl (C=O) groups excluding carboxylic acids is 2. The lowest BCUT2D eigenvalue weighted by Gasteiger charge is -2.27. The second-order valence-corrected chi connectivity index (χ2v) is 4.68. The maximum Gasteiger partial charge on any atom is 0.317 e. The summed E-state index contributed by atoms with van der Waals surface area (Å²) < 4.78 is 16.0. The zero-order valence-electron chi connectivity index (χ0n) is 10.6. The first kappa shape index (κ1) is 12.0. The summed E-state index contributed by atoms with van der Waals surface area (Å²) in [5, 5.41) is 5.43. The van der Waals surface area contributed by atoms with E-state index in [1.54, 1.807) is 12.2 Å². The predicted octanol–water partition coefficient (Wildman–Crippen LogP) is -0.204. The Hall–Kier alpha value is -2.02. The van der Waals surface area contributed by atoms with E-state index >= 15 is 0 Å². The highest BCUT2D eigenvalue weighted by Crippen LogP contribution is 2.38. The van der Waals surface area contributed by atoms with E-state index in [1.165, 1.54) is 14.2 Å². The number of Topliss-reactive ketones (excluding diaryl/α,β-unsaturated/α-hetero) is 1. The molecule has 1 aliphatic carbocycles. The molecule has 0 aromatic heterocycles. The number of rotatable bonds is 2. The van der Waals surface area contributed by atoms with Gasteiger partial charge in [-0.2, -0.15) is 0 Å². The minimum atomic E-state index is -0.791. The van der Waals surface area contributed by atoms with Gasteiger partial charge in [0.1, 0.15) is 5.60 Å². The summed E-state index contributed by atoms with van der Waals surface area (Å²) in [5.41, 5.74) is -0.791. The Balaban J connectivity index is 1.92. The highest BCUT2D eigenvalue weighted by Gasteiger charge is 2.51. The number of methoxy groups -OCH3 is 2. The van der Waals surface area contributed by atoms with Crippen LogP contribution in [0.1, 0.15) is 6.42 Å². The number of hydrogen-bond donors (Lipinski definition) is 2. The number of amides is 2. The molecule has 2 aliphatic heterocycles. The Morgan fingerprint density at radius 2 is 1.84 bits per heavy atom. The van der Waals surface area contributed by atoms with Crippen LogP contribution < -0.4 is 10.6 Å². The fourth-order valence-corrected chi connectivity index (χ4v) is 2.64. The third-order valence-corrected chi connectivity index (χ3v) is 3.48. The molecule has 2 N–H and O–H groups in total. The summed E-state index contributed by atoms with van der Waals surface area (Å²) in [5.74, 6) is 0.0598. The molecule has 0 radical (unpaired) electrons. The first-order valence-corrected chi connectivity index (χ1v) is 5.90. The third-order valence-electron chi connectivity index (χ3n) is 3.48. The van der Waals surface area contributed by atoms with Crippen LogP contribution in [0.25, 0.3) is 0 Å². The van der Waals surface area contributed by atoms with Crippen LogP contribution in [0.15, 0.2) is 23.7 Å². The van der Waals surface area contributed by atoms with E-state index in [2.05, 4.69) is 10.6 Å². The fraction of sp³-hybridized carbons (Fsp3) is 0.500. The molecular formula is C12H14N2O5. The van der Waals surface area contributed by atoms with Crippen molar-refractivity contribution in [2.24, 2.45) is 0 Å². The molecule has 1 spiro atoms. The van der Waals surface area contributed by atoms with Gasteiger partial charge in [0.15, 0.2) is 17.7 Å². The van der Waals surface area contributed by atoms with Gasteiger partial charge in [0, 0.05) is 6.42 Å². The van der Waals surface area contributed by atoms with Crippen LogP contribution in [0.5, 0.6) is 0 Å². The summed E-state index contributed by atoms with van der Waals surface area (Å²) in [6.45, 7) is 0. The second-order valence-electron chi connectivity index (χ2n) is 4.68. The summed E-state index contributed by atoms with van der Waals surface area (Å²) in [6.07, 6.45) is 3.36. The van der Waals surface area contributed by atoms with Gasteiger partial charge < -0.3 is 24.8 Å². The number of hydrogen-bond acceptors (Lipinski definition) is 5. The number of ketones is 1. The Bertz CT molecular complexity index is 468. The Kier molecular flexibility index (Phi) is 2.53. The number of nitrogens with one attached hydrogen (secondary N) is 2. The molecule has 2 heterocycles. The summed E-state index contributed by atoms with van der Waals surface area (Å²) in [7, 11) is 2.84. The van der Waals surface area contributed by atoms with Crippen molar-refractivity contribution in [3.63, 3.8) is 0 Å². The van der Waals surface area contributed by atoms with E-state index in [1.807, 2.05) is 0 Å². The lowest BCUT2D eigenvalue weighted by molar-refractivity contribution is -0.119. The van der Waals surface area contributed by atoms with Crippen LogP contribution in [-0.2, 0) is 19.0 Å². The molecule has 2 saturated heterocycles. The maximum absolute atomic E-state index is 11.9. The molecule has 2 unspecified atom stereocenters. The lowest BCUT2D eigenvalue weighted by Crippen LogP contribution is -2.37. The topological polar surface area (TPSA) is 85.9 Å². The lowest BCUT2D eigenvalue weighted by atomic mass is 9.91. The largest absolute Gasteiger partial charge is 0.493 e. The summed E-state index contributed by atoms with van der Waals surface area (Å²) >= 11 is 0. The van der Waals surface area contributed by atoms with Crippen molar-refractivity contribution < 1.29 is 23.8 Å². The number of fused-ring (bicyclic) bond motifs is 1. The number of urea groups is 1. The van der Waals surface area contributed by atoms with Gasteiger partial charge in [0.05, 0.1) is 20.3 Å². The monoisotopic (exact) mass is 266 g/mol. The molecule has 102 valence electrons. The highest BCUT2D eigenvalue weighted by molar-refractivity contribution is 6.06. The first-order chi connectivity index (χ1) is 9.07. The molecule has 7 heteroatoms. The fourth-order valence-electron chi connectivity index (χ4n) is 2.64. The van der Waals surface area contributed by atoms with Crippen molar-refractivity contribution in [2.45, 2.75) is 24.3 Å². The van der Waals surface area contributed by atoms with Gasteiger partial charge in [0.25, 0.3) is 5.78 Å². The van der Waals surface area contributed by atoms with Crippen LogP contribution in [0.3, 0.4) is 0 Å². The zero-order chi connectivity index (χ0) is 13.6. The van der Waals surface area contributed by atoms with E-state index in [-0.39, 0.29) is 29.4 Å². The molecule has 0 saturated carbocycles. The zero-order valence-corrected chi connectivity index (χ0v) is 10.6. The quantitative estimate of drug-likeness (QED) is 0.722. The smallest absolute Gasteiger partial charge is 0.317 e. The average molecular weight is 266 g/mol. The minimum absolute atomic E-state index is 0.135. The Morgan fingerprint density at radius 1 is 1.21 bits per heavy atom. The molecule has 3 aliphatic rings. The van der Waals surface area contributed by atoms with Crippen LogP contribution >= 0.6 is 0 Å². The Morgan fingerprint density at radius 3 is 2.37 bits per heavy atom. The van der Waals surface area contributed by atoms with Gasteiger partial charge in [-0.1, -0.05) is 0 Å². The van der Waals surface area contributed by atoms with E-state index < -0.39 is 11.8 Å². The van der Waals surface area contributed by atoms with Crippen LogP contribution in [-0.4, -0.2) is 43.9 Å². The molecule has 2 atom stereocenters. The van der Waals surface area contributed by atoms with Crippen molar-refractivity contribution in [3.05, 3.63) is 23.7 Å². The number of ether oxygens (including phenoxy) is 3. The van der Waals surface area contributed by atoms with Crippen molar-refractivity contribution in [1.29, 1.82) is 0 Å². The first-order valence-electron chi connectivity index (χ1n) is 5.90. The van der Waals surface area contributed by atoms with Crippen molar-refractivity contribution in [1.82, 2.24) is 10.6 Å². The van der Waals surface area contributed by atoms with E-state index in [9.17, 15) is 9.59 Å². The van der Waals surface area contributed by atoms with Crippen LogP contribution in [0, 0.1) is 0 Å². The predicted molar refractivity (Wildman–Crippen MR) is 62.9 cm³/mol. The molecule has 2 fully saturated rings. The minimum Gasteiger partial charge on any atom is -0.493 e. The van der Waals surface area contributed by atoms with Crippen molar-refractivity contribution in [3.8, 4) is 0 Å². The molecule has 2 amide bonds. The molecule has 0 aromatic carbocycles. The molecule has 3 rings (SSSR count). The molecular weight excluding hydrogens is 252 g/mol. The van der Waals surface area contributed by atoms with E-state index in [0.717, 1.165) is 0 Å². The normalized spacial score (nSPS) is 31.3. The van der Waals surface area contributed by atoms with Crippen LogP contribution in [0.2, 0.25) is 0 Å². The molecule has 0 aromatic rings. The van der Waals surface area contributed by atoms with Crippen molar-refractivity contribution in [2.75, 3.05) is 14.2 Å². The second kappa shape index (κ2) is 3.99. The average Bonchev–Trinajstić information content (AvgIpc) is 2.86. The third kappa shape index (κ3) is 1.77. The maximum atomic E-state index is 11.9. The van der Waals surface area contributed by atoms with Gasteiger partial charge in [-0.25, -0.2) is 4.79 Å². The van der Waals surface area contributed by atoms with Gasteiger partial charge in [-0.3, -0.25) is 4.79 Å². The summed E-state index contributed by atoms with van der Waals surface area (Å²) in [4.78, 5) is 23.1. The van der Waals surface area contributed by atoms with E-state index in [4.69, 9.17) is 14.2 Å². The Labute approximate surface area is 109 Å². The summed E-state index contributed by atoms with van der Waals surface area (Å²) in [6, 6.07) is -0.381.